The SMILES string of the molecule is CCOc1cc(-c2ccc(N3C[C@@H]4C[C@@](C)(NC(=O)c5nc(C)ccc5Cl)C[C@@H]4C3)nc2)c2c(C#N)cnn2c1. The Morgan fingerprint density at radius 3 is 2.67 bits per heavy atom. The van der Waals surface area contributed by atoms with E-state index in [0.29, 0.717) is 34.8 Å². The summed E-state index contributed by atoms with van der Waals surface area (Å²) < 4.78 is 7.42. The Balaban J connectivity index is 1.16. The van der Waals surface area contributed by atoms with Gasteiger partial charge in [0.05, 0.1) is 35.1 Å². The summed E-state index contributed by atoms with van der Waals surface area (Å²) in [5.74, 6) is 2.31. The number of carbonyl (C=O) groups excluding carboxylic acids is 1. The number of anilines is 1. The molecule has 0 spiro atoms. The zero-order valence-corrected chi connectivity index (χ0v) is 23.4. The van der Waals surface area contributed by atoms with E-state index in [1.165, 1.54) is 0 Å². The summed E-state index contributed by atoms with van der Waals surface area (Å²) in [4.78, 5) is 24.5. The highest BCUT2D eigenvalue weighted by molar-refractivity contribution is 6.33. The number of nitrogens with one attached hydrogen (secondary N) is 1. The number of fused-ring (bicyclic) bond motifs is 2. The van der Waals surface area contributed by atoms with Crippen LogP contribution in [0.15, 0.2) is 48.9 Å². The van der Waals surface area contributed by atoms with Crippen molar-refractivity contribution in [3.05, 3.63) is 70.9 Å². The van der Waals surface area contributed by atoms with E-state index in [4.69, 9.17) is 21.3 Å². The fraction of sp³-hybridized carbons (Fsp3) is 0.367. The van der Waals surface area contributed by atoms with Crippen LogP contribution in [-0.4, -0.2) is 50.7 Å². The average molecular weight is 556 g/mol. The molecule has 9 nitrogen and oxygen atoms in total. The van der Waals surface area contributed by atoms with Gasteiger partial charge in [0.15, 0.2) is 0 Å². The van der Waals surface area contributed by atoms with Gasteiger partial charge < -0.3 is 15.0 Å². The molecule has 1 amide bonds. The van der Waals surface area contributed by atoms with Crippen LogP contribution in [0.2, 0.25) is 5.02 Å². The van der Waals surface area contributed by atoms with E-state index in [1.807, 2.05) is 38.2 Å². The highest BCUT2D eigenvalue weighted by Crippen LogP contribution is 2.45. The molecule has 1 aliphatic carbocycles. The van der Waals surface area contributed by atoms with E-state index in [9.17, 15) is 10.1 Å². The van der Waals surface area contributed by atoms with Crippen molar-refractivity contribution in [2.24, 2.45) is 11.8 Å². The predicted molar refractivity (Wildman–Crippen MR) is 153 cm³/mol. The van der Waals surface area contributed by atoms with Crippen LogP contribution in [0.3, 0.4) is 0 Å². The largest absolute Gasteiger partial charge is 0.492 e. The van der Waals surface area contributed by atoms with Crippen molar-refractivity contribution >= 4 is 28.8 Å². The molecule has 204 valence electrons. The second-order valence-corrected chi connectivity index (χ2v) is 11.4. The molecule has 6 rings (SSSR count). The monoisotopic (exact) mass is 555 g/mol. The number of carbonyl (C=O) groups is 1. The molecular weight excluding hydrogens is 526 g/mol. The van der Waals surface area contributed by atoms with E-state index in [0.717, 1.165) is 54.1 Å². The van der Waals surface area contributed by atoms with Crippen molar-refractivity contribution in [1.29, 1.82) is 5.26 Å². The van der Waals surface area contributed by atoms with Crippen LogP contribution in [-0.2, 0) is 0 Å². The molecule has 1 saturated heterocycles. The van der Waals surface area contributed by atoms with Gasteiger partial charge in [-0.1, -0.05) is 11.6 Å². The molecule has 0 aromatic carbocycles. The summed E-state index contributed by atoms with van der Waals surface area (Å²) in [6.07, 6.45) is 6.99. The summed E-state index contributed by atoms with van der Waals surface area (Å²) in [6.45, 7) is 8.21. The van der Waals surface area contributed by atoms with E-state index in [1.54, 1.807) is 29.0 Å². The lowest BCUT2D eigenvalue weighted by Gasteiger charge is -2.29. The molecule has 1 aliphatic heterocycles. The Morgan fingerprint density at radius 1 is 1.23 bits per heavy atom. The summed E-state index contributed by atoms with van der Waals surface area (Å²) in [7, 11) is 0. The standard InChI is InChI=1S/C30H30ClN7O2/c1-4-40-23-9-24(28-22(12-32)14-34-38(28)17-23)19-6-8-26(33-13-19)37-15-20-10-30(3,11-21(20)16-37)36-29(39)27-25(31)7-5-18(2)35-27/h5-9,13-14,17,20-21H,4,10-11,15-16H2,1-3H3,(H,36,39)/t20-,21+,30+. The van der Waals surface area contributed by atoms with Gasteiger partial charge in [-0.2, -0.15) is 10.4 Å². The first-order valence-electron chi connectivity index (χ1n) is 13.5. The van der Waals surface area contributed by atoms with Gasteiger partial charge in [0.2, 0.25) is 0 Å². The number of aryl methyl sites for hydroxylation is 1. The van der Waals surface area contributed by atoms with Crippen molar-refractivity contribution < 1.29 is 9.53 Å². The van der Waals surface area contributed by atoms with Gasteiger partial charge in [-0.25, -0.2) is 14.5 Å². The maximum atomic E-state index is 13.0. The fourth-order valence-electron chi connectivity index (χ4n) is 6.34. The summed E-state index contributed by atoms with van der Waals surface area (Å²) >= 11 is 6.25. The van der Waals surface area contributed by atoms with Gasteiger partial charge in [0.1, 0.15) is 23.3 Å². The summed E-state index contributed by atoms with van der Waals surface area (Å²) in [5, 5.41) is 17.5. The van der Waals surface area contributed by atoms with Crippen molar-refractivity contribution in [2.45, 2.75) is 39.2 Å². The van der Waals surface area contributed by atoms with E-state index >= 15 is 0 Å². The molecule has 0 bridgehead atoms. The molecular formula is C30H30ClN7O2. The zero-order valence-electron chi connectivity index (χ0n) is 22.7. The van der Waals surface area contributed by atoms with Crippen molar-refractivity contribution in [1.82, 2.24) is 24.9 Å². The lowest BCUT2D eigenvalue weighted by atomic mass is 9.97. The van der Waals surface area contributed by atoms with Gasteiger partial charge in [0.25, 0.3) is 5.91 Å². The molecule has 2 aliphatic rings. The number of hydrogen-bond donors (Lipinski definition) is 1. The first-order chi connectivity index (χ1) is 19.3. The van der Waals surface area contributed by atoms with Crippen LogP contribution >= 0.6 is 11.6 Å². The van der Waals surface area contributed by atoms with Crippen LogP contribution in [0.4, 0.5) is 5.82 Å². The van der Waals surface area contributed by atoms with E-state index in [-0.39, 0.29) is 17.1 Å². The van der Waals surface area contributed by atoms with E-state index in [2.05, 4.69) is 33.3 Å². The molecule has 0 unspecified atom stereocenters. The maximum Gasteiger partial charge on any atom is 0.271 e. The molecule has 3 atom stereocenters. The third kappa shape index (κ3) is 4.73. The molecule has 4 aromatic rings. The molecule has 10 heteroatoms. The first-order valence-corrected chi connectivity index (χ1v) is 13.9. The Kier molecular flexibility index (Phi) is 6.59. The third-order valence-electron chi connectivity index (χ3n) is 8.02. The van der Waals surface area contributed by atoms with Gasteiger partial charge in [-0.05, 0) is 75.8 Å². The van der Waals surface area contributed by atoms with Crippen LogP contribution in [0.1, 0.15) is 48.4 Å². The number of pyridine rings is 3. The topological polar surface area (TPSA) is 108 Å². The Hall–Kier alpha value is -4.16. The minimum atomic E-state index is -0.300. The minimum Gasteiger partial charge on any atom is -0.492 e. The summed E-state index contributed by atoms with van der Waals surface area (Å²) in [5.41, 5.74) is 3.74. The van der Waals surface area contributed by atoms with Crippen molar-refractivity contribution in [3.63, 3.8) is 0 Å². The molecule has 4 aromatic heterocycles. The van der Waals surface area contributed by atoms with Crippen LogP contribution < -0.4 is 15.0 Å². The Labute approximate surface area is 237 Å². The highest BCUT2D eigenvalue weighted by atomic mass is 35.5. The quantitative estimate of drug-likeness (QED) is 0.354. The van der Waals surface area contributed by atoms with Gasteiger partial charge in [-0.3, -0.25) is 4.79 Å². The number of nitrogens with zero attached hydrogens (tertiary/aromatic N) is 6. The van der Waals surface area contributed by atoms with Crippen molar-refractivity contribution in [2.75, 3.05) is 24.6 Å². The number of hydrogen-bond acceptors (Lipinski definition) is 7. The van der Waals surface area contributed by atoms with E-state index < -0.39 is 0 Å². The van der Waals surface area contributed by atoms with Gasteiger partial charge in [-0.15, -0.1) is 0 Å². The first kappa shape index (κ1) is 26.1. The van der Waals surface area contributed by atoms with Crippen molar-refractivity contribution in [3.8, 4) is 22.9 Å². The van der Waals surface area contributed by atoms with Gasteiger partial charge in [0, 0.05) is 41.6 Å². The second-order valence-electron chi connectivity index (χ2n) is 11.0. The summed E-state index contributed by atoms with van der Waals surface area (Å²) in [6, 6.07) is 11.8. The molecule has 1 N–H and O–H groups in total. The van der Waals surface area contributed by atoms with Gasteiger partial charge >= 0.3 is 0 Å². The number of rotatable bonds is 6. The molecule has 2 fully saturated rings. The predicted octanol–water partition coefficient (Wildman–Crippen LogP) is 5.06. The molecule has 5 heterocycles. The van der Waals surface area contributed by atoms with Crippen LogP contribution in [0.5, 0.6) is 5.75 Å². The molecule has 40 heavy (non-hydrogen) atoms. The number of nitriles is 1. The second kappa shape index (κ2) is 10.1. The fourth-order valence-corrected chi connectivity index (χ4v) is 6.53. The van der Waals surface area contributed by atoms with Crippen LogP contribution in [0.25, 0.3) is 16.6 Å². The van der Waals surface area contributed by atoms with Crippen LogP contribution in [0, 0.1) is 30.1 Å². The smallest absolute Gasteiger partial charge is 0.271 e. The zero-order chi connectivity index (χ0) is 28.0. The average Bonchev–Trinajstić information content (AvgIpc) is 3.61. The lowest BCUT2D eigenvalue weighted by Crippen LogP contribution is -2.45. The number of halogens is 1. The maximum absolute atomic E-state index is 13.0. The number of amides is 1. The lowest BCUT2D eigenvalue weighted by molar-refractivity contribution is 0.0899. The molecule has 0 radical (unpaired) electrons. The molecule has 1 saturated carbocycles. The Bertz CT molecular complexity index is 1630. The normalized spacial score (nSPS) is 21.8. The number of aromatic nitrogens is 4. The highest BCUT2D eigenvalue weighted by Gasteiger charge is 2.47. The number of ether oxygens (including phenoxy) is 1. The minimum absolute atomic E-state index is 0.217. The Morgan fingerprint density at radius 2 is 2.00 bits per heavy atom. The third-order valence-corrected chi connectivity index (χ3v) is 8.32.